The molecule has 1 aromatic carbocycles. The minimum Gasteiger partial charge on any atom is -0.493 e. The number of benzene rings is 1. The maximum atomic E-state index is 12.0. The van der Waals surface area contributed by atoms with E-state index >= 15 is 0 Å². The molecule has 1 aliphatic rings. The molecular formula is C21H29NO5. The first-order valence-corrected chi connectivity index (χ1v) is 9.39. The lowest BCUT2D eigenvalue weighted by Crippen LogP contribution is -2.43. The molecule has 0 aromatic heterocycles. The van der Waals surface area contributed by atoms with E-state index in [1.54, 1.807) is 12.1 Å². The number of carbonyl (C=O) groups excluding carboxylic acids is 2. The van der Waals surface area contributed by atoms with Gasteiger partial charge in [0.15, 0.2) is 24.7 Å². The minimum atomic E-state index is -0.598. The van der Waals surface area contributed by atoms with Gasteiger partial charge in [-0.25, -0.2) is 4.79 Å². The molecule has 0 spiro atoms. The van der Waals surface area contributed by atoms with Crippen molar-refractivity contribution in [2.24, 2.45) is 5.92 Å². The fourth-order valence-electron chi connectivity index (χ4n) is 3.23. The van der Waals surface area contributed by atoms with E-state index in [1.165, 1.54) is 13.5 Å². The molecule has 2 atom stereocenters. The molecule has 1 fully saturated rings. The molecule has 0 radical (unpaired) electrons. The van der Waals surface area contributed by atoms with Crippen molar-refractivity contribution in [2.75, 3.05) is 20.3 Å². The molecule has 0 bridgehead atoms. The monoisotopic (exact) mass is 375 g/mol. The maximum Gasteiger partial charge on any atom is 0.344 e. The second-order valence-corrected chi connectivity index (χ2v) is 6.86. The van der Waals surface area contributed by atoms with Gasteiger partial charge in [-0.3, -0.25) is 4.79 Å². The zero-order valence-electron chi connectivity index (χ0n) is 16.2. The molecule has 2 rings (SSSR count). The summed E-state index contributed by atoms with van der Waals surface area (Å²) in [6.45, 7) is 5.26. The highest BCUT2D eigenvalue weighted by Gasteiger charge is 2.23. The summed E-state index contributed by atoms with van der Waals surface area (Å²) in [7, 11) is 1.54. The summed E-state index contributed by atoms with van der Waals surface area (Å²) in [5, 5.41) is 2.95. The van der Waals surface area contributed by atoms with Crippen LogP contribution in [0.15, 0.2) is 30.9 Å². The predicted octanol–water partition coefficient (Wildman–Crippen LogP) is 3.04. The number of carbonyl (C=O) groups is 2. The van der Waals surface area contributed by atoms with Gasteiger partial charge in [0.05, 0.1) is 7.11 Å². The second kappa shape index (κ2) is 10.6. The van der Waals surface area contributed by atoms with Crippen molar-refractivity contribution in [3.63, 3.8) is 0 Å². The first-order chi connectivity index (χ1) is 13.0. The number of amides is 1. The van der Waals surface area contributed by atoms with Gasteiger partial charge >= 0.3 is 5.97 Å². The Morgan fingerprint density at radius 2 is 2.00 bits per heavy atom. The molecule has 1 amide bonds. The molecule has 0 aliphatic heterocycles. The van der Waals surface area contributed by atoms with Crippen LogP contribution in [0.25, 0.3) is 0 Å². The molecule has 148 valence electrons. The molecule has 6 heteroatoms. The molecule has 0 heterocycles. The van der Waals surface area contributed by atoms with Crippen molar-refractivity contribution >= 4 is 11.9 Å². The zero-order chi connectivity index (χ0) is 19.6. The topological polar surface area (TPSA) is 73.9 Å². The van der Waals surface area contributed by atoms with Crippen LogP contribution < -0.4 is 14.8 Å². The van der Waals surface area contributed by atoms with Crippen LogP contribution in [0.5, 0.6) is 11.5 Å². The Morgan fingerprint density at radius 1 is 1.22 bits per heavy atom. The zero-order valence-corrected chi connectivity index (χ0v) is 16.2. The standard InChI is InChI=1S/C21H29NO5/c1-4-7-16-10-11-18(19(12-16)25-3)26-14-21(24)27-13-20(23)22-17-9-6-5-8-15(17)2/h4,10-12,15,17H,1,5-9,13-14H2,2-3H3,(H,22,23)/t15-,17+/m0/s1. The number of hydrogen-bond acceptors (Lipinski definition) is 5. The van der Waals surface area contributed by atoms with Crippen molar-refractivity contribution < 1.29 is 23.8 Å². The van der Waals surface area contributed by atoms with E-state index in [2.05, 4.69) is 18.8 Å². The van der Waals surface area contributed by atoms with Crippen LogP contribution in [-0.2, 0) is 20.7 Å². The van der Waals surface area contributed by atoms with Gasteiger partial charge in [-0.2, -0.15) is 0 Å². The third kappa shape index (κ3) is 6.62. The summed E-state index contributed by atoms with van der Waals surface area (Å²) in [4.78, 5) is 23.8. The number of nitrogens with one attached hydrogen (secondary N) is 1. The Morgan fingerprint density at radius 3 is 2.70 bits per heavy atom. The van der Waals surface area contributed by atoms with Gasteiger partial charge in [0, 0.05) is 6.04 Å². The van der Waals surface area contributed by atoms with Crippen molar-refractivity contribution in [3.8, 4) is 11.5 Å². The summed E-state index contributed by atoms with van der Waals surface area (Å²) in [5.74, 6) is 0.569. The summed E-state index contributed by atoms with van der Waals surface area (Å²) in [6, 6.07) is 5.62. The highest BCUT2D eigenvalue weighted by atomic mass is 16.6. The molecule has 1 aliphatic carbocycles. The van der Waals surface area contributed by atoms with Crippen LogP contribution >= 0.6 is 0 Å². The normalized spacial score (nSPS) is 19.0. The average molecular weight is 375 g/mol. The average Bonchev–Trinajstić information content (AvgIpc) is 2.67. The quantitative estimate of drug-likeness (QED) is 0.530. The second-order valence-electron chi connectivity index (χ2n) is 6.86. The predicted molar refractivity (Wildman–Crippen MR) is 103 cm³/mol. The van der Waals surface area contributed by atoms with Crippen molar-refractivity contribution in [1.82, 2.24) is 5.32 Å². The molecule has 27 heavy (non-hydrogen) atoms. The lowest BCUT2D eigenvalue weighted by Gasteiger charge is -2.29. The van der Waals surface area contributed by atoms with Crippen molar-refractivity contribution in [1.29, 1.82) is 0 Å². The van der Waals surface area contributed by atoms with Crippen LogP contribution in [0.3, 0.4) is 0 Å². The molecule has 1 aromatic rings. The summed E-state index contributed by atoms with van der Waals surface area (Å²) < 4.78 is 15.8. The van der Waals surface area contributed by atoms with E-state index in [4.69, 9.17) is 14.2 Å². The van der Waals surface area contributed by atoms with Crippen LogP contribution in [0.4, 0.5) is 0 Å². The molecular weight excluding hydrogens is 346 g/mol. The highest BCUT2D eigenvalue weighted by Crippen LogP contribution is 2.28. The van der Waals surface area contributed by atoms with E-state index in [-0.39, 0.29) is 25.2 Å². The van der Waals surface area contributed by atoms with Crippen LogP contribution in [0, 0.1) is 5.92 Å². The maximum absolute atomic E-state index is 12.0. The molecule has 1 N–H and O–H groups in total. The van der Waals surface area contributed by atoms with Gasteiger partial charge < -0.3 is 19.5 Å². The molecule has 1 saturated carbocycles. The van der Waals surface area contributed by atoms with Gasteiger partial charge in [-0.05, 0) is 42.9 Å². The Hall–Kier alpha value is -2.50. The first kappa shape index (κ1) is 20.8. The van der Waals surface area contributed by atoms with Crippen LogP contribution in [0.1, 0.15) is 38.2 Å². The summed E-state index contributed by atoms with van der Waals surface area (Å²) in [6.07, 6.45) is 6.94. The number of allylic oxidation sites excluding steroid dienone is 1. The number of esters is 1. The van der Waals surface area contributed by atoms with E-state index in [1.807, 2.05) is 12.1 Å². The Balaban J connectivity index is 1.75. The summed E-state index contributed by atoms with van der Waals surface area (Å²) in [5.41, 5.74) is 1.03. The van der Waals surface area contributed by atoms with E-state index < -0.39 is 5.97 Å². The van der Waals surface area contributed by atoms with Gasteiger partial charge in [-0.1, -0.05) is 31.9 Å². The fraction of sp³-hybridized carbons (Fsp3) is 0.524. The largest absolute Gasteiger partial charge is 0.493 e. The smallest absolute Gasteiger partial charge is 0.344 e. The molecule has 6 nitrogen and oxygen atoms in total. The van der Waals surface area contributed by atoms with Crippen LogP contribution in [-0.4, -0.2) is 38.2 Å². The number of hydrogen-bond donors (Lipinski definition) is 1. The van der Waals surface area contributed by atoms with E-state index in [0.717, 1.165) is 24.8 Å². The first-order valence-electron chi connectivity index (χ1n) is 9.39. The minimum absolute atomic E-state index is 0.166. The number of methoxy groups -OCH3 is 1. The van der Waals surface area contributed by atoms with E-state index in [9.17, 15) is 9.59 Å². The summed E-state index contributed by atoms with van der Waals surface area (Å²) >= 11 is 0. The number of rotatable bonds is 9. The van der Waals surface area contributed by atoms with Gasteiger partial charge in [0.25, 0.3) is 5.91 Å². The van der Waals surface area contributed by atoms with Crippen LogP contribution in [0.2, 0.25) is 0 Å². The van der Waals surface area contributed by atoms with Crippen molar-refractivity contribution in [2.45, 2.75) is 45.1 Å². The lowest BCUT2D eigenvalue weighted by atomic mass is 9.86. The molecule has 0 saturated heterocycles. The third-order valence-electron chi connectivity index (χ3n) is 4.78. The Labute approximate surface area is 160 Å². The van der Waals surface area contributed by atoms with Gasteiger partial charge in [-0.15, -0.1) is 6.58 Å². The van der Waals surface area contributed by atoms with Gasteiger partial charge in [0.1, 0.15) is 0 Å². The number of ether oxygens (including phenoxy) is 3. The van der Waals surface area contributed by atoms with Gasteiger partial charge in [0.2, 0.25) is 0 Å². The Kier molecular flexibility index (Phi) is 8.17. The lowest BCUT2D eigenvalue weighted by molar-refractivity contribution is -0.150. The highest BCUT2D eigenvalue weighted by molar-refractivity contribution is 5.81. The van der Waals surface area contributed by atoms with E-state index in [0.29, 0.717) is 23.8 Å². The SMILES string of the molecule is C=CCc1ccc(OCC(=O)OCC(=O)N[C@@H]2CCCC[C@@H]2C)c(OC)c1. The molecule has 0 unspecified atom stereocenters. The Bertz CT molecular complexity index is 658. The fourth-order valence-corrected chi connectivity index (χ4v) is 3.23. The van der Waals surface area contributed by atoms with Crippen molar-refractivity contribution in [3.05, 3.63) is 36.4 Å². The third-order valence-corrected chi connectivity index (χ3v) is 4.78.